The van der Waals surface area contributed by atoms with Gasteiger partial charge in [0.05, 0.1) is 4.34 Å². The van der Waals surface area contributed by atoms with Gasteiger partial charge in [-0.25, -0.2) is 8.42 Å². The van der Waals surface area contributed by atoms with Crippen LogP contribution >= 0.6 is 34.5 Å². The number of hydrogen-bond donors (Lipinski definition) is 1. The smallest absolute Gasteiger partial charge is 0.264 e. The van der Waals surface area contributed by atoms with Crippen LogP contribution in [0.3, 0.4) is 0 Å². The molecule has 2 heterocycles. The van der Waals surface area contributed by atoms with E-state index in [0.717, 1.165) is 43.8 Å². The zero-order valence-corrected chi connectivity index (χ0v) is 19.2. The van der Waals surface area contributed by atoms with Gasteiger partial charge in [-0.3, -0.25) is 9.52 Å². The van der Waals surface area contributed by atoms with Crippen LogP contribution in [-0.2, 0) is 10.0 Å². The molecule has 3 rings (SSSR count). The van der Waals surface area contributed by atoms with Crippen molar-refractivity contribution in [3.8, 4) is 0 Å². The van der Waals surface area contributed by atoms with Crippen molar-refractivity contribution in [2.75, 3.05) is 37.4 Å². The molecule has 1 aliphatic rings. The van der Waals surface area contributed by atoms with Gasteiger partial charge in [0.25, 0.3) is 15.9 Å². The third-order valence-corrected chi connectivity index (χ3v) is 7.83. The fourth-order valence-corrected chi connectivity index (χ4v) is 6.53. The van der Waals surface area contributed by atoms with Crippen LogP contribution in [0.15, 0.2) is 35.2 Å². The topological polar surface area (TPSA) is 69.7 Å². The average molecular weight is 476 g/mol. The normalized spacial score (nSPS) is 15.9. The van der Waals surface area contributed by atoms with E-state index in [-0.39, 0.29) is 19.5 Å². The Kier molecular flexibility index (Phi) is 7.45. The molecule has 0 aliphatic carbocycles. The minimum atomic E-state index is -3.90. The molecule has 0 spiro atoms. The summed E-state index contributed by atoms with van der Waals surface area (Å²) < 4.78 is 28.1. The highest BCUT2D eigenvalue weighted by atomic mass is 35.5. The average Bonchev–Trinajstić information content (AvgIpc) is 2.88. The van der Waals surface area contributed by atoms with E-state index in [2.05, 4.69) is 16.5 Å². The summed E-state index contributed by atoms with van der Waals surface area (Å²) in [5.41, 5.74) is 0.750. The first kappa shape index (κ1) is 22.4. The standard InChI is InChI=1S/C19H23Cl2N3O3S2/c1-2-7-23-8-4-9-24(11-10-23)19(25)14-5-3-6-15(12-14)22-29(26,27)16-13-17(20)28-18(16)21/h3,5-6,12-13,22H,2,4,7-11H2,1H3. The van der Waals surface area contributed by atoms with Crippen LogP contribution < -0.4 is 4.72 Å². The summed E-state index contributed by atoms with van der Waals surface area (Å²) in [6.45, 7) is 6.38. The Morgan fingerprint density at radius 2 is 1.97 bits per heavy atom. The highest BCUT2D eigenvalue weighted by Gasteiger charge is 2.23. The highest BCUT2D eigenvalue weighted by Crippen LogP contribution is 2.35. The number of thiophene rings is 1. The predicted molar refractivity (Wildman–Crippen MR) is 119 cm³/mol. The molecule has 2 aromatic rings. The molecule has 1 aromatic carbocycles. The lowest BCUT2D eigenvalue weighted by atomic mass is 10.1. The lowest BCUT2D eigenvalue weighted by Crippen LogP contribution is -2.35. The van der Waals surface area contributed by atoms with Gasteiger partial charge in [0.2, 0.25) is 0 Å². The van der Waals surface area contributed by atoms with Crippen LogP contribution in [0.25, 0.3) is 0 Å². The first-order valence-corrected chi connectivity index (χ1v) is 12.4. The Hall–Kier alpha value is -1.32. The molecule has 0 saturated carbocycles. The summed E-state index contributed by atoms with van der Waals surface area (Å²) in [5.74, 6) is -0.0963. The van der Waals surface area contributed by atoms with Crippen LogP contribution in [0, 0.1) is 0 Å². The molecule has 0 atom stereocenters. The number of amides is 1. The van der Waals surface area contributed by atoms with Gasteiger partial charge >= 0.3 is 0 Å². The maximum atomic E-state index is 13.0. The number of nitrogens with zero attached hydrogens (tertiary/aromatic N) is 2. The molecule has 6 nitrogen and oxygen atoms in total. The largest absolute Gasteiger partial charge is 0.337 e. The van der Waals surface area contributed by atoms with Crippen molar-refractivity contribution >= 4 is 56.2 Å². The second kappa shape index (κ2) is 9.66. The first-order valence-electron chi connectivity index (χ1n) is 9.39. The fourth-order valence-electron chi connectivity index (χ4n) is 3.33. The Bertz CT molecular complexity index is 979. The number of benzene rings is 1. The highest BCUT2D eigenvalue weighted by molar-refractivity contribution is 7.93. The zero-order valence-electron chi connectivity index (χ0n) is 16.0. The summed E-state index contributed by atoms with van der Waals surface area (Å²) in [6, 6.07) is 7.82. The van der Waals surface area contributed by atoms with Crippen LogP contribution in [-0.4, -0.2) is 56.8 Å². The second-order valence-corrected chi connectivity index (χ2v) is 10.8. The van der Waals surface area contributed by atoms with Crippen molar-refractivity contribution in [3.05, 3.63) is 44.6 Å². The Labute approximate surface area is 185 Å². The third kappa shape index (κ3) is 5.64. The van der Waals surface area contributed by atoms with Crippen molar-refractivity contribution in [1.82, 2.24) is 9.80 Å². The van der Waals surface area contributed by atoms with Crippen molar-refractivity contribution in [1.29, 1.82) is 0 Å². The maximum Gasteiger partial charge on any atom is 0.264 e. The number of hydrogen-bond acceptors (Lipinski definition) is 5. The number of halogens is 2. The lowest BCUT2D eigenvalue weighted by molar-refractivity contribution is 0.0761. The molecule has 1 aliphatic heterocycles. The fraction of sp³-hybridized carbons (Fsp3) is 0.421. The van der Waals surface area contributed by atoms with Crippen LogP contribution in [0.4, 0.5) is 5.69 Å². The van der Waals surface area contributed by atoms with E-state index in [1.165, 1.54) is 6.07 Å². The van der Waals surface area contributed by atoms with Gasteiger partial charge in [-0.2, -0.15) is 0 Å². The Balaban J connectivity index is 1.74. The van der Waals surface area contributed by atoms with E-state index >= 15 is 0 Å². The van der Waals surface area contributed by atoms with Gasteiger partial charge in [0, 0.05) is 30.9 Å². The Morgan fingerprint density at radius 1 is 1.17 bits per heavy atom. The van der Waals surface area contributed by atoms with E-state index in [0.29, 0.717) is 24.3 Å². The SMILES string of the molecule is CCCN1CCCN(C(=O)c2cccc(NS(=O)(=O)c3cc(Cl)sc3Cl)c2)CC1. The summed E-state index contributed by atoms with van der Waals surface area (Å²) in [7, 11) is -3.90. The number of nitrogens with one attached hydrogen (secondary N) is 1. The summed E-state index contributed by atoms with van der Waals surface area (Å²) in [6.07, 6.45) is 2.02. The molecule has 10 heteroatoms. The van der Waals surface area contributed by atoms with E-state index in [1.807, 2.05) is 4.90 Å². The van der Waals surface area contributed by atoms with Crippen LogP contribution in [0.5, 0.6) is 0 Å². The molecule has 0 radical (unpaired) electrons. The third-order valence-electron chi connectivity index (χ3n) is 4.69. The summed E-state index contributed by atoms with van der Waals surface area (Å²) >= 11 is 12.8. The molecule has 1 saturated heterocycles. The molecule has 1 fully saturated rings. The molecule has 0 unspecified atom stereocenters. The van der Waals surface area contributed by atoms with Crippen molar-refractivity contribution < 1.29 is 13.2 Å². The van der Waals surface area contributed by atoms with Gasteiger partial charge in [-0.1, -0.05) is 36.2 Å². The quantitative estimate of drug-likeness (QED) is 0.671. The molecule has 29 heavy (non-hydrogen) atoms. The van der Waals surface area contributed by atoms with Gasteiger partial charge in [0.1, 0.15) is 9.23 Å². The van der Waals surface area contributed by atoms with Crippen molar-refractivity contribution in [2.24, 2.45) is 0 Å². The molecule has 1 amide bonds. The van der Waals surface area contributed by atoms with Crippen molar-refractivity contribution in [2.45, 2.75) is 24.7 Å². The van der Waals surface area contributed by atoms with Crippen molar-refractivity contribution in [3.63, 3.8) is 0 Å². The number of rotatable bonds is 6. The minimum Gasteiger partial charge on any atom is -0.337 e. The number of carbonyl (C=O) groups excluding carboxylic acids is 1. The maximum absolute atomic E-state index is 13.0. The molecule has 1 aromatic heterocycles. The zero-order chi connectivity index (χ0) is 21.0. The summed E-state index contributed by atoms with van der Waals surface area (Å²) in [5, 5.41) is 0. The Morgan fingerprint density at radius 3 is 2.66 bits per heavy atom. The minimum absolute atomic E-state index is 0.0746. The lowest BCUT2D eigenvalue weighted by Gasteiger charge is -2.22. The van der Waals surface area contributed by atoms with Gasteiger partial charge < -0.3 is 9.80 Å². The molecular weight excluding hydrogens is 453 g/mol. The second-order valence-electron chi connectivity index (χ2n) is 6.86. The molecule has 0 bridgehead atoms. The molecular formula is C19H23Cl2N3O3S2. The molecule has 158 valence electrons. The predicted octanol–water partition coefficient (Wildman–Crippen LogP) is 4.41. The first-order chi connectivity index (χ1) is 13.8. The van der Waals surface area contributed by atoms with Gasteiger partial charge in [0.15, 0.2) is 0 Å². The summed E-state index contributed by atoms with van der Waals surface area (Å²) in [4.78, 5) is 17.1. The molecule has 1 N–H and O–H groups in total. The van der Waals surface area contributed by atoms with E-state index in [1.54, 1.807) is 24.3 Å². The number of anilines is 1. The van der Waals surface area contributed by atoms with E-state index < -0.39 is 10.0 Å². The number of carbonyl (C=O) groups is 1. The van der Waals surface area contributed by atoms with Crippen LogP contribution in [0.1, 0.15) is 30.1 Å². The van der Waals surface area contributed by atoms with Gasteiger partial charge in [-0.05, 0) is 50.2 Å². The number of sulfonamides is 1. The van der Waals surface area contributed by atoms with Gasteiger partial charge in [-0.15, -0.1) is 11.3 Å². The monoisotopic (exact) mass is 475 g/mol. The van der Waals surface area contributed by atoms with E-state index in [4.69, 9.17) is 23.2 Å². The van der Waals surface area contributed by atoms with E-state index in [9.17, 15) is 13.2 Å². The van der Waals surface area contributed by atoms with Crippen LogP contribution in [0.2, 0.25) is 8.67 Å².